The molecule has 1 aliphatic rings. The molecule has 1 aromatic rings. The second kappa shape index (κ2) is 4.51. The van der Waals surface area contributed by atoms with E-state index >= 15 is 0 Å². The maximum atomic E-state index is 13.5. The van der Waals surface area contributed by atoms with Crippen molar-refractivity contribution in [1.82, 2.24) is 4.90 Å². The summed E-state index contributed by atoms with van der Waals surface area (Å²) in [5.74, 6) is -0.777. The van der Waals surface area contributed by atoms with Gasteiger partial charge < -0.3 is 10.6 Å². The summed E-state index contributed by atoms with van der Waals surface area (Å²) >= 11 is 3.22. The highest BCUT2D eigenvalue weighted by Crippen LogP contribution is 2.19. The molecule has 0 bridgehead atoms. The molecule has 16 heavy (non-hydrogen) atoms. The van der Waals surface area contributed by atoms with Crippen LogP contribution in [-0.4, -0.2) is 29.9 Å². The number of hydrogen-bond donors (Lipinski definition) is 1. The van der Waals surface area contributed by atoms with Crippen molar-refractivity contribution < 1.29 is 9.18 Å². The predicted molar refractivity (Wildman–Crippen MR) is 62.6 cm³/mol. The van der Waals surface area contributed by atoms with Gasteiger partial charge in [-0.3, -0.25) is 4.79 Å². The number of carbonyl (C=O) groups excluding carboxylic acids is 1. The first-order chi connectivity index (χ1) is 7.58. The molecule has 0 aliphatic carbocycles. The highest BCUT2D eigenvalue weighted by atomic mass is 79.9. The Morgan fingerprint density at radius 1 is 1.56 bits per heavy atom. The van der Waals surface area contributed by atoms with Gasteiger partial charge in [-0.2, -0.15) is 0 Å². The lowest BCUT2D eigenvalue weighted by Gasteiger charge is -2.16. The third-order valence-corrected chi connectivity index (χ3v) is 3.16. The van der Waals surface area contributed by atoms with Gasteiger partial charge in [-0.05, 0) is 24.6 Å². The van der Waals surface area contributed by atoms with Gasteiger partial charge in [-0.25, -0.2) is 4.39 Å². The number of carbonyl (C=O) groups is 1. The van der Waals surface area contributed by atoms with E-state index in [-0.39, 0.29) is 17.5 Å². The van der Waals surface area contributed by atoms with Crippen LogP contribution in [0.4, 0.5) is 4.39 Å². The van der Waals surface area contributed by atoms with Crippen LogP contribution < -0.4 is 5.73 Å². The van der Waals surface area contributed by atoms with Crippen molar-refractivity contribution in [1.29, 1.82) is 0 Å². The van der Waals surface area contributed by atoms with Gasteiger partial charge in [0.2, 0.25) is 0 Å². The Balaban J connectivity index is 2.23. The lowest BCUT2D eigenvalue weighted by atomic mass is 10.2. The number of benzene rings is 1. The van der Waals surface area contributed by atoms with Crippen molar-refractivity contribution in [3.05, 3.63) is 34.1 Å². The number of halogens is 2. The minimum Gasteiger partial charge on any atom is -0.337 e. The van der Waals surface area contributed by atoms with Gasteiger partial charge in [0.05, 0.1) is 5.56 Å². The van der Waals surface area contributed by atoms with Gasteiger partial charge in [0, 0.05) is 23.6 Å². The number of amides is 1. The average molecular weight is 287 g/mol. The van der Waals surface area contributed by atoms with Crippen molar-refractivity contribution >= 4 is 21.8 Å². The standard InChI is InChI=1S/C11H12BrFN2O/c12-7-1-2-10(13)9(5-7)11(16)15-4-3-8(14)6-15/h1-2,5,8H,3-4,6,14H2/t8-/m0/s1. The van der Waals surface area contributed by atoms with E-state index in [4.69, 9.17) is 5.73 Å². The van der Waals surface area contributed by atoms with Crippen LogP contribution in [0.3, 0.4) is 0 Å². The first kappa shape index (κ1) is 11.5. The van der Waals surface area contributed by atoms with Crippen molar-refractivity contribution in [2.75, 3.05) is 13.1 Å². The van der Waals surface area contributed by atoms with Gasteiger partial charge in [-0.15, -0.1) is 0 Å². The molecule has 1 saturated heterocycles. The molecule has 1 aromatic carbocycles. The Labute approximate surface area is 102 Å². The Morgan fingerprint density at radius 2 is 2.31 bits per heavy atom. The minimum absolute atomic E-state index is 0.0131. The summed E-state index contributed by atoms with van der Waals surface area (Å²) in [6, 6.07) is 4.37. The third-order valence-electron chi connectivity index (χ3n) is 2.67. The molecule has 1 atom stereocenters. The summed E-state index contributed by atoms with van der Waals surface area (Å²) in [5, 5.41) is 0. The molecule has 0 saturated carbocycles. The van der Waals surface area contributed by atoms with Crippen LogP contribution >= 0.6 is 15.9 Å². The quantitative estimate of drug-likeness (QED) is 0.855. The van der Waals surface area contributed by atoms with E-state index in [1.54, 1.807) is 11.0 Å². The van der Waals surface area contributed by atoms with Crippen molar-refractivity contribution in [2.24, 2.45) is 5.73 Å². The molecule has 5 heteroatoms. The van der Waals surface area contributed by atoms with Crippen LogP contribution in [0.2, 0.25) is 0 Å². The Morgan fingerprint density at radius 3 is 2.94 bits per heavy atom. The molecule has 2 N–H and O–H groups in total. The lowest BCUT2D eigenvalue weighted by molar-refractivity contribution is 0.0786. The van der Waals surface area contributed by atoms with Crippen molar-refractivity contribution in [3.8, 4) is 0 Å². The molecule has 1 aliphatic heterocycles. The van der Waals surface area contributed by atoms with Crippen LogP contribution in [0.5, 0.6) is 0 Å². The van der Waals surface area contributed by atoms with E-state index in [2.05, 4.69) is 15.9 Å². The van der Waals surface area contributed by atoms with Crippen LogP contribution in [0, 0.1) is 5.82 Å². The molecule has 0 spiro atoms. The van der Waals surface area contributed by atoms with Gasteiger partial charge in [0.1, 0.15) is 5.82 Å². The number of nitrogens with two attached hydrogens (primary N) is 1. The van der Waals surface area contributed by atoms with Gasteiger partial charge >= 0.3 is 0 Å². The molecule has 1 fully saturated rings. The molecule has 3 nitrogen and oxygen atoms in total. The first-order valence-corrected chi connectivity index (χ1v) is 5.87. The highest BCUT2D eigenvalue weighted by Gasteiger charge is 2.26. The molecule has 1 heterocycles. The summed E-state index contributed by atoms with van der Waals surface area (Å²) < 4.78 is 14.2. The maximum Gasteiger partial charge on any atom is 0.256 e. The fourth-order valence-corrected chi connectivity index (χ4v) is 2.16. The summed E-state index contributed by atoms with van der Waals surface area (Å²) in [6.45, 7) is 1.11. The fraction of sp³-hybridized carbons (Fsp3) is 0.364. The Hall–Kier alpha value is -0.940. The lowest BCUT2D eigenvalue weighted by Crippen LogP contribution is -2.32. The Bertz CT molecular complexity index is 424. The summed E-state index contributed by atoms with van der Waals surface area (Å²) in [5.41, 5.74) is 5.81. The second-order valence-electron chi connectivity index (χ2n) is 3.92. The molecular formula is C11H12BrFN2O. The zero-order chi connectivity index (χ0) is 11.7. The minimum atomic E-state index is -0.492. The Kier molecular flexibility index (Phi) is 3.25. The molecular weight excluding hydrogens is 275 g/mol. The molecule has 0 aromatic heterocycles. The van der Waals surface area contributed by atoms with E-state index in [9.17, 15) is 9.18 Å². The highest BCUT2D eigenvalue weighted by molar-refractivity contribution is 9.10. The van der Waals surface area contributed by atoms with Crippen LogP contribution in [0.25, 0.3) is 0 Å². The molecule has 2 rings (SSSR count). The van der Waals surface area contributed by atoms with Crippen molar-refractivity contribution in [3.63, 3.8) is 0 Å². The molecule has 1 amide bonds. The third kappa shape index (κ3) is 2.25. The van der Waals surface area contributed by atoms with Crippen LogP contribution in [0.15, 0.2) is 22.7 Å². The number of nitrogens with zero attached hydrogens (tertiary/aromatic N) is 1. The molecule has 0 unspecified atom stereocenters. The van der Waals surface area contributed by atoms with Gasteiger partial charge in [-0.1, -0.05) is 15.9 Å². The largest absolute Gasteiger partial charge is 0.337 e. The molecule has 0 radical (unpaired) electrons. The maximum absolute atomic E-state index is 13.5. The van der Waals surface area contributed by atoms with Crippen molar-refractivity contribution in [2.45, 2.75) is 12.5 Å². The topological polar surface area (TPSA) is 46.3 Å². The zero-order valence-corrected chi connectivity index (χ0v) is 10.2. The number of likely N-dealkylation sites (tertiary alicyclic amines) is 1. The van der Waals surface area contributed by atoms with Gasteiger partial charge in [0.15, 0.2) is 0 Å². The summed E-state index contributed by atoms with van der Waals surface area (Å²) in [4.78, 5) is 13.6. The number of hydrogen-bond acceptors (Lipinski definition) is 2. The summed E-state index contributed by atoms with van der Waals surface area (Å²) in [6.07, 6.45) is 0.779. The van der Waals surface area contributed by atoms with E-state index in [1.165, 1.54) is 12.1 Å². The first-order valence-electron chi connectivity index (χ1n) is 5.08. The van der Waals surface area contributed by atoms with E-state index in [0.717, 1.165) is 6.42 Å². The predicted octanol–water partition coefficient (Wildman–Crippen LogP) is 1.76. The SMILES string of the molecule is N[C@H]1CCN(C(=O)c2cc(Br)ccc2F)C1. The second-order valence-corrected chi connectivity index (χ2v) is 4.84. The summed E-state index contributed by atoms with van der Waals surface area (Å²) in [7, 11) is 0. The van der Waals surface area contributed by atoms with E-state index in [1.807, 2.05) is 0 Å². The average Bonchev–Trinajstić information content (AvgIpc) is 2.67. The van der Waals surface area contributed by atoms with Gasteiger partial charge in [0.25, 0.3) is 5.91 Å². The zero-order valence-electron chi connectivity index (χ0n) is 8.62. The van der Waals surface area contributed by atoms with Crippen LogP contribution in [-0.2, 0) is 0 Å². The van der Waals surface area contributed by atoms with E-state index in [0.29, 0.717) is 17.6 Å². The number of rotatable bonds is 1. The van der Waals surface area contributed by atoms with Crippen LogP contribution in [0.1, 0.15) is 16.8 Å². The monoisotopic (exact) mass is 286 g/mol. The smallest absolute Gasteiger partial charge is 0.256 e. The van der Waals surface area contributed by atoms with E-state index < -0.39 is 5.82 Å². The molecule has 86 valence electrons. The fourth-order valence-electron chi connectivity index (χ4n) is 1.80. The normalized spacial score (nSPS) is 20.2.